The van der Waals surface area contributed by atoms with Crippen molar-refractivity contribution >= 4 is 21.8 Å². The van der Waals surface area contributed by atoms with Crippen LogP contribution in [-0.4, -0.2) is 58.4 Å². The quantitative estimate of drug-likeness (QED) is 0.721. The molecule has 154 valence electrons. The van der Waals surface area contributed by atoms with Crippen molar-refractivity contribution < 1.29 is 22.7 Å². The predicted molar refractivity (Wildman–Crippen MR) is 103 cm³/mol. The Labute approximate surface area is 165 Å². The molecule has 2 aliphatic rings. The molecule has 0 atom stereocenters. The van der Waals surface area contributed by atoms with Gasteiger partial charge in [0.15, 0.2) is 0 Å². The van der Waals surface area contributed by atoms with Gasteiger partial charge < -0.3 is 15.0 Å². The number of rotatable bonds is 6. The molecule has 28 heavy (non-hydrogen) atoms. The van der Waals surface area contributed by atoms with Gasteiger partial charge in [0.25, 0.3) is 0 Å². The number of methoxy groups -OCH3 is 1. The summed E-state index contributed by atoms with van der Waals surface area (Å²) in [5, 5.41) is 2.72. The van der Waals surface area contributed by atoms with E-state index in [0.29, 0.717) is 25.4 Å². The van der Waals surface area contributed by atoms with Crippen LogP contribution in [0.5, 0.6) is 5.75 Å². The van der Waals surface area contributed by atoms with E-state index in [9.17, 15) is 18.0 Å². The van der Waals surface area contributed by atoms with Crippen molar-refractivity contribution in [3.8, 4) is 5.75 Å². The van der Waals surface area contributed by atoms with Gasteiger partial charge in [-0.2, -0.15) is 0 Å². The highest BCUT2D eigenvalue weighted by Gasteiger charge is 2.31. The van der Waals surface area contributed by atoms with E-state index >= 15 is 0 Å². The summed E-state index contributed by atoms with van der Waals surface area (Å²) in [6.07, 6.45) is 3.04. The predicted octanol–water partition coefficient (Wildman–Crippen LogP) is 0.738. The molecule has 3 rings (SSSR count). The summed E-state index contributed by atoms with van der Waals surface area (Å²) >= 11 is 0. The van der Waals surface area contributed by atoms with Gasteiger partial charge in [0, 0.05) is 25.6 Å². The number of carbonyl (C=O) groups is 2. The topological polar surface area (TPSA) is 105 Å². The van der Waals surface area contributed by atoms with E-state index in [2.05, 4.69) is 10.0 Å². The van der Waals surface area contributed by atoms with Crippen LogP contribution in [0.2, 0.25) is 0 Å². The van der Waals surface area contributed by atoms with E-state index in [-0.39, 0.29) is 35.1 Å². The van der Waals surface area contributed by atoms with Crippen LogP contribution in [0.25, 0.3) is 0 Å². The van der Waals surface area contributed by atoms with E-state index in [1.54, 1.807) is 17.0 Å². The summed E-state index contributed by atoms with van der Waals surface area (Å²) in [6, 6.07) is 6.27. The third-order valence-corrected chi connectivity index (χ3v) is 6.92. The lowest BCUT2D eigenvalue weighted by molar-refractivity contribution is -0.142. The molecule has 1 aliphatic heterocycles. The molecule has 0 bridgehead atoms. The lowest BCUT2D eigenvalue weighted by Crippen LogP contribution is -2.52. The lowest BCUT2D eigenvalue weighted by atomic mass is 9.81. The number of piperazine rings is 1. The normalized spacial score (nSPS) is 23.2. The second kappa shape index (κ2) is 8.91. The number of carbonyl (C=O) groups excluding carboxylic acids is 2. The highest BCUT2D eigenvalue weighted by Crippen LogP contribution is 2.30. The van der Waals surface area contributed by atoms with E-state index < -0.39 is 10.0 Å². The summed E-state index contributed by atoms with van der Waals surface area (Å²) < 4.78 is 32.6. The zero-order chi connectivity index (χ0) is 20.1. The maximum Gasteiger partial charge on any atom is 0.240 e. The molecule has 2 N–H and O–H groups in total. The van der Waals surface area contributed by atoms with Crippen LogP contribution in [-0.2, 0) is 19.6 Å². The minimum atomic E-state index is -3.56. The number of benzene rings is 1. The fourth-order valence-corrected chi connectivity index (χ4v) is 4.88. The van der Waals surface area contributed by atoms with E-state index in [1.165, 1.54) is 19.2 Å². The first kappa shape index (κ1) is 20.6. The molecule has 1 aliphatic carbocycles. The number of hydrogen-bond donors (Lipinski definition) is 2. The number of hydrogen-bond acceptors (Lipinski definition) is 5. The third kappa shape index (κ3) is 5.02. The molecule has 0 radical (unpaired) electrons. The van der Waals surface area contributed by atoms with Crippen LogP contribution in [0.3, 0.4) is 0 Å². The van der Waals surface area contributed by atoms with Crippen molar-refractivity contribution in [3.05, 3.63) is 24.3 Å². The van der Waals surface area contributed by atoms with Crippen LogP contribution >= 0.6 is 0 Å². The number of ether oxygens (including phenoxy) is 1. The fraction of sp³-hybridized carbons (Fsp3) is 0.579. The van der Waals surface area contributed by atoms with Crippen molar-refractivity contribution in [2.45, 2.75) is 30.6 Å². The Kier molecular flexibility index (Phi) is 6.56. The molecule has 2 amide bonds. The summed E-state index contributed by atoms with van der Waals surface area (Å²) in [5.74, 6) is 0.684. The Hall–Kier alpha value is -2.13. The Bertz CT molecular complexity index is 801. The van der Waals surface area contributed by atoms with Gasteiger partial charge in [0.1, 0.15) is 5.75 Å². The molecule has 0 spiro atoms. The molecule has 1 aromatic rings. The summed E-state index contributed by atoms with van der Waals surface area (Å²) in [4.78, 5) is 25.9. The van der Waals surface area contributed by atoms with Crippen molar-refractivity contribution in [2.75, 3.05) is 33.3 Å². The van der Waals surface area contributed by atoms with Gasteiger partial charge in [-0.05, 0) is 55.9 Å². The van der Waals surface area contributed by atoms with Crippen LogP contribution in [0.4, 0.5) is 0 Å². The monoisotopic (exact) mass is 409 g/mol. The van der Waals surface area contributed by atoms with E-state index in [1.807, 2.05) is 0 Å². The maximum absolute atomic E-state index is 12.6. The maximum atomic E-state index is 12.6. The smallest absolute Gasteiger partial charge is 0.240 e. The molecule has 0 aromatic heterocycles. The summed E-state index contributed by atoms with van der Waals surface area (Å²) in [5.41, 5.74) is 0. The van der Waals surface area contributed by atoms with Gasteiger partial charge in [0.2, 0.25) is 21.8 Å². The van der Waals surface area contributed by atoms with Crippen molar-refractivity contribution in [2.24, 2.45) is 11.8 Å². The Morgan fingerprint density at radius 1 is 1.21 bits per heavy atom. The summed E-state index contributed by atoms with van der Waals surface area (Å²) in [7, 11) is -2.03. The van der Waals surface area contributed by atoms with Gasteiger partial charge in [-0.15, -0.1) is 0 Å². The highest BCUT2D eigenvalue weighted by atomic mass is 32.2. The molecular weight excluding hydrogens is 382 g/mol. The second-order valence-electron chi connectivity index (χ2n) is 7.35. The zero-order valence-electron chi connectivity index (χ0n) is 16.0. The SMILES string of the molecule is COc1ccc(S(=O)(=O)NCC2CCC(C(=O)N3CCNC(=O)C3)CC2)cc1. The molecule has 1 saturated carbocycles. The van der Waals surface area contributed by atoms with Crippen molar-refractivity contribution in [3.63, 3.8) is 0 Å². The van der Waals surface area contributed by atoms with Gasteiger partial charge in [0.05, 0.1) is 18.6 Å². The number of nitrogens with zero attached hydrogens (tertiary/aromatic N) is 1. The fourth-order valence-electron chi connectivity index (χ4n) is 3.76. The largest absolute Gasteiger partial charge is 0.497 e. The number of sulfonamides is 1. The van der Waals surface area contributed by atoms with Gasteiger partial charge in [-0.1, -0.05) is 0 Å². The molecule has 2 fully saturated rings. The highest BCUT2D eigenvalue weighted by molar-refractivity contribution is 7.89. The molecule has 1 heterocycles. The molecule has 1 saturated heterocycles. The molecular formula is C19H27N3O5S. The van der Waals surface area contributed by atoms with Crippen LogP contribution in [0.15, 0.2) is 29.2 Å². The zero-order valence-corrected chi connectivity index (χ0v) is 16.8. The second-order valence-corrected chi connectivity index (χ2v) is 9.12. The lowest BCUT2D eigenvalue weighted by Gasteiger charge is -2.33. The molecule has 0 unspecified atom stereocenters. The first-order valence-electron chi connectivity index (χ1n) is 9.58. The van der Waals surface area contributed by atoms with Gasteiger partial charge in [-0.3, -0.25) is 9.59 Å². The van der Waals surface area contributed by atoms with Crippen molar-refractivity contribution in [1.29, 1.82) is 0 Å². The molecule has 8 nitrogen and oxygen atoms in total. The van der Waals surface area contributed by atoms with Crippen molar-refractivity contribution in [1.82, 2.24) is 14.9 Å². The third-order valence-electron chi connectivity index (χ3n) is 5.48. The van der Waals surface area contributed by atoms with E-state index in [4.69, 9.17) is 4.74 Å². The Morgan fingerprint density at radius 3 is 2.50 bits per heavy atom. The first-order valence-corrected chi connectivity index (χ1v) is 11.1. The minimum absolute atomic E-state index is 0.0483. The number of amides is 2. The Morgan fingerprint density at radius 2 is 1.89 bits per heavy atom. The van der Waals surface area contributed by atoms with Crippen LogP contribution in [0.1, 0.15) is 25.7 Å². The minimum Gasteiger partial charge on any atom is -0.497 e. The number of nitrogens with one attached hydrogen (secondary N) is 2. The molecule has 1 aromatic carbocycles. The first-order chi connectivity index (χ1) is 13.4. The van der Waals surface area contributed by atoms with Gasteiger partial charge >= 0.3 is 0 Å². The standard InChI is InChI=1S/C19H27N3O5S/c1-27-16-6-8-17(9-7-16)28(25,26)21-12-14-2-4-15(5-3-14)19(24)22-11-10-20-18(23)13-22/h6-9,14-15,21H,2-5,10-13H2,1H3,(H,20,23). The van der Waals surface area contributed by atoms with E-state index in [0.717, 1.165) is 25.7 Å². The average molecular weight is 410 g/mol. The average Bonchev–Trinajstić information content (AvgIpc) is 2.72. The van der Waals surface area contributed by atoms with Crippen LogP contribution in [0, 0.1) is 11.8 Å². The van der Waals surface area contributed by atoms with Gasteiger partial charge in [-0.25, -0.2) is 13.1 Å². The molecule has 9 heteroatoms. The van der Waals surface area contributed by atoms with Crippen LogP contribution < -0.4 is 14.8 Å². The summed E-state index contributed by atoms with van der Waals surface area (Å²) in [6.45, 7) is 1.57. The Balaban J connectivity index is 1.47.